The molecular weight excluding hydrogens is 406 g/mol. The third-order valence-corrected chi connectivity index (χ3v) is 5.33. The lowest BCUT2D eigenvalue weighted by atomic mass is 9.98. The number of nitrogens with zero attached hydrogens (tertiary/aromatic N) is 1. The first-order valence-corrected chi connectivity index (χ1v) is 9.23. The molecule has 3 nitrogen and oxygen atoms in total. The van der Waals surface area contributed by atoms with Crippen LogP contribution in [0.15, 0.2) is 42.6 Å². The molecule has 1 aromatic carbocycles. The minimum absolute atomic E-state index is 0.0785. The fourth-order valence-electron chi connectivity index (χ4n) is 2.32. The summed E-state index contributed by atoms with van der Waals surface area (Å²) in [6, 6.07) is 4.24. The van der Waals surface area contributed by atoms with Gasteiger partial charge in [-0.25, -0.2) is 8.93 Å². The second-order valence-corrected chi connectivity index (χ2v) is 8.98. The van der Waals surface area contributed by atoms with Crippen LogP contribution in [0.25, 0.3) is 0 Å². The lowest BCUT2D eigenvalue weighted by molar-refractivity contribution is -0.139. The molecule has 0 fully saturated rings. The summed E-state index contributed by atoms with van der Waals surface area (Å²) in [5, 5.41) is 0. The Kier molecular flexibility index (Phi) is 6.25. The van der Waals surface area contributed by atoms with E-state index in [1.165, 1.54) is 0 Å². The van der Waals surface area contributed by atoms with Crippen LogP contribution in [0.2, 0.25) is 0 Å². The van der Waals surface area contributed by atoms with E-state index in [4.69, 9.17) is 0 Å². The molecule has 2 rings (SSSR count). The zero-order valence-electron chi connectivity index (χ0n) is 15.2. The van der Waals surface area contributed by atoms with Gasteiger partial charge < -0.3 is 0 Å². The van der Waals surface area contributed by atoms with Crippen LogP contribution in [0, 0.1) is 0 Å². The van der Waals surface area contributed by atoms with Gasteiger partial charge in [0, 0.05) is 6.20 Å². The Morgan fingerprint density at radius 3 is 1.96 bits per heavy atom. The molecule has 0 saturated carbocycles. The van der Waals surface area contributed by atoms with Crippen molar-refractivity contribution in [1.29, 1.82) is 0 Å². The number of benzene rings is 1. The average Bonchev–Trinajstić information content (AvgIpc) is 2.57. The number of halogens is 6. The Hall–Kier alpha value is -1.94. The lowest BCUT2D eigenvalue weighted by Crippen LogP contribution is -2.37. The van der Waals surface area contributed by atoms with Gasteiger partial charge in [0.15, 0.2) is 0 Å². The molecule has 0 aliphatic rings. The Bertz CT molecular complexity index is 841. The number of alkyl halides is 6. The third kappa shape index (κ3) is 5.32. The van der Waals surface area contributed by atoms with E-state index in [0.29, 0.717) is 0 Å². The summed E-state index contributed by atoms with van der Waals surface area (Å²) in [6.07, 6.45) is -8.18. The molecular formula is C18H18F6N2OS. The molecule has 1 heterocycles. The van der Waals surface area contributed by atoms with Gasteiger partial charge in [-0.05, 0) is 50.6 Å². The molecule has 0 saturated heterocycles. The van der Waals surface area contributed by atoms with Gasteiger partial charge in [-0.2, -0.15) is 26.3 Å². The number of aromatic nitrogens is 1. The molecule has 0 bridgehead atoms. The summed E-state index contributed by atoms with van der Waals surface area (Å²) < 4.78 is 93.0. The highest BCUT2D eigenvalue weighted by molar-refractivity contribution is 7.84. The van der Waals surface area contributed by atoms with Crippen LogP contribution >= 0.6 is 0 Å². The normalized spacial score (nSPS) is 15.3. The number of nitrogens with one attached hydrogen (secondary N) is 1. The molecule has 1 N–H and O–H groups in total. The Labute approximate surface area is 160 Å². The highest BCUT2D eigenvalue weighted by Gasteiger charge is 2.38. The van der Waals surface area contributed by atoms with Gasteiger partial charge in [0.1, 0.15) is 0 Å². The van der Waals surface area contributed by atoms with Gasteiger partial charge in [0.25, 0.3) is 0 Å². The van der Waals surface area contributed by atoms with E-state index in [2.05, 4.69) is 9.71 Å². The fourth-order valence-corrected chi connectivity index (χ4v) is 3.13. The molecule has 0 radical (unpaired) electrons. The zero-order chi connectivity index (χ0) is 21.3. The monoisotopic (exact) mass is 424 g/mol. The molecule has 2 aromatic rings. The van der Waals surface area contributed by atoms with Crippen molar-refractivity contribution in [2.75, 3.05) is 0 Å². The summed E-state index contributed by atoms with van der Waals surface area (Å²) in [4.78, 5) is 3.79. The third-order valence-electron chi connectivity index (χ3n) is 3.77. The Morgan fingerprint density at radius 1 is 0.929 bits per heavy atom. The highest BCUT2D eigenvalue weighted by Crippen LogP contribution is 2.37. The molecule has 28 heavy (non-hydrogen) atoms. The molecule has 0 spiro atoms. The second kappa shape index (κ2) is 7.82. The predicted octanol–water partition coefficient (Wildman–Crippen LogP) is 5.26. The van der Waals surface area contributed by atoms with Gasteiger partial charge >= 0.3 is 12.4 Å². The van der Waals surface area contributed by atoms with E-state index < -0.39 is 50.9 Å². The average molecular weight is 424 g/mol. The smallest absolute Gasteiger partial charge is 0.259 e. The van der Waals surface area contributed by atoms with Crippen molar-refractivity contribution < 1.29 is 30.6 Å². The lowest BCUT2D eigenvalue weighted by Gasteiger charge is -2.26. The summed E-state index contributed by atoms with van der Waals surface area (Å²) in [6.45, 7) is 4.84. The Balaban J connectivity index is 2.58. The van der Waals surface area contributed by atoms with Crippen molar-refractivity contribution in [3.05, 3.63) is 65.0 Å². The summed E-state index contributed by atoms with van der Waals surface area (Å²) in [5.41, 5.74) is -2.38. The van der Waals surface area contributed by atoms with E-state index in [0.717, 1.165) is 42.6 Å². The molecule has 2 atom stereocenters. The van der Waals surface area contributed by atoms with Crippen LogP contribution in [0.1, 0.15) is 49.2 Å². The van der Waals surface area contributed by atoms with Crippen molar-refractivity contribution in [3.63, 3.8) is 0 Å². The maximum Gasteiger partial charge on any atom is 0.418 e. The maximum atomic E-state index is 13.4. The van der Waals surface area contributed by atoms with Gasteiger partial charge in [-0.3, -0.25) is 4.98 Å². The predicted molar refractivity (Wildman–Crippen MR) is 93.6 cm³/mol. The van der Waals surface area contributed by atoms with Crippen molar-refractivity contribution in [2.45, 2.75) is 43.9 Å². The Morgan fingerprint density at radius 2 is 1.50 bits per heavy atom. The molecule has 1 aromatic heterocycles. The SMILES string of the molecule is CC(C)(C)S(=O)N[C@@H](c1ccc(C(F)(F)F)cc1)c1ncccc1C(F)(F)F. The zero-order valence-corrected chi connectivity index (χ0v) is 16.0. The quantitative estimate of drug-likeness (QED) is 0.681. The molecule has 0 aliphatic heterocycles. The largest absolute Gasteiger partial charge is 0.418 e. The van der Waals surface area contributed by atoms with E-state index in [9.17, 15) is 30.6 Å². The van der Waals surface area contributed by atoms with Gasteiger partial charge in [0.05, 0.1) is 38.6 Å². The first-order valence-electron chi connectivity index (χ1n) is 8.08. The first-order chi connectivity index (χ1) is 12.7. The molecule has 0 aliphatic carbocycles. The number of hydrogen-bond acceptors (Lipinski definition) is 2. The van der Waals surface area contributed by atoms with Crippen LogP contribution < -0.4 is 4.72 Å². The summed E-state index contributed by atoms with van der Waals surface area (Å²) >= 11 is 0. The molecule has 1 unspecified atom stereocenters. The van der Waals surface area contributed by atoms with Crippen LogP contribution in [-0.2, 0) is 23.3 Å². The van der Waals surface area contributed by atoms with E-state index in [1.54, 1.807) is 20.8 Å². The molecule has 10 heteroatoms. The van der Waals surface area contributed by atoms with Crippen LogP contribution in [0.5, 0.6) is 0 Å². The van der Waals surface area contributed by atoms with Crippen molar-refractivity contribution in [1.82, 2.24) is 9.71 Å². The van der Waals surface area contributed by atoms with Gasteiger partial charge in [-0.1, -0.05) is 12.1 Å². The molecule has 154 valence electrons. The minimum atomic E-state index is -4.74. The maximum absolute atomic E-state index is 13.4. The van der Waals surface area contributed by atoms with Crippen LogP contribution in [-0.4, -0.2) is 13.9 Å². The van der Waals surface area contributed by atoms with E-state index in [1.807, 2.05) is 0 Å². The fraction of sp³-hybridized carbons (Fsp3) is 0.389. The van der Waals surface area contributed by atoms with Crippen molar-refractivity contribution in [3.8, 4) is 0 Å². The summed E-state index contributed by atoms with van der Waals surface area (Å²) in [7, 11) is -1.81. The van der Waals surface area contributed by atoms with E-state index in [-0.39, 0.29) is 5.56 Å². The first kappa shape index (κ1) is 22.4. The highest BCUT2D eigenvalue weighted by atomic mass is 32.2. The number of pyridine rings is 1. The number of rotatable bonds is 4. The van der Waals surface area contributed by atoms with Gasteiger partial charge in [0.2, 0.25) is 0 Å². The van der Waals surface area contributed by atoms with Gasteiger partial charge in [-0.15, -0.1) is 0 Å². The molecule has 0 amide bonds. The van der Waals surface area contributed by atoms with Crippen LogP contribution in [0.3, 0.4) is 0 Å². The topological polar surface area (TPSA) is 42.0 Å². The van der Waals surface area contributed by atoms with Crippen LogP contribution in [0.4, 0.5) is 26.3 Å². The van der Waals surface area contributed by atoms with E-state index >= 15 is 0 Å². The van der Waals surface area contributed by atoms with Crippen molar-refractivity contribution in [2.24, 2.45) is 0 Å². The second-order valence-electron chi connectivity index (χ2n) is 6.99. The summed E-state index contributed by atoms with van der Waals surface area (Å²) in [5.74, 6) is 0. The van der Waals surface area contributed by atoms with Crippen molar-refractivity contribution >= 4 is 11.0 Å². The number of hydrogen-bond donors (Lipinski definition) is 1. The standard InChI is InChI=1S/C18H18F6N2OS/c1-16(2,3)28(27)26-14(11-6-8-12(9-7-11)17(19,20)21)15-13(18(22,23)24)5-4-10-25-15/h4-10,14,26H,1-3H3/t14-,28?/m0/s1. The minimum Gasteiger partial charge on any atom is -0.259 e.